The van der Waals surface area contributed by atoms with Crippen LogP contribution in [0.1, 0.15) is 24.8 Å². The minimum Gasteiger partial charge on any atom is -0.273 e. The van der Waals surface area contributed by atoms with Gasteiger partial charge < -0.3 is 0 Å². The van der Waals surface area contributed by atoms with Crippen molar-refractivity contribution in [1.82, 2.24) is 5.01 Å². The molecule has 1 aromatic carbocycles. The molecule has 0 saturated carbocycles. The van der Waals surface area contributed by atoms with Crippen LogP contribution in [0.15, 0.2) is 29.4 Å². The van der Waals surface area contributed by atoms with E-state index in [-0.39, 0.29) is 5.91 Å². The molecular formula is C13H12ClN3O. The van der Waals surface area contributed by atoms with E-state index in [2.05, 4.69) is 5.10 Å². The van der Waals surface area contributed by atoms with E-state index in [4.69, 9.17) is 16.9 Å². The summed E-state index contributed by atoms with van der Waals surface area (Å²) in [6, 6.07) is 9.40. The normalized spacial score (nSPS) is 15.2. The number of amides is 1. The first-order valence-corrected chi connectivity index (χ1v) is 6.09. The Morgan fingerprint density at radius 2 is 2.06 bits per heavy atom. The first-order valence-electron chi connectivity index (χ1n) is 5.71. The summed E-state index contributed by atoms with van der Waals surface area (Å²) in [6.45, 7) is 0.354. The van der Waals surface area contributed by atoms with E-state index in [0.29, 0.717) is 30.8 Å². The van der Waals surface area contributed by atoms with Crippen LogP contribution in [0.5, 0.6) is 0 Å². The highest BCUT2D eigenvalue weighted by atomic mass is 35.5. The summed E-state index contributed by atoms with van der Waals surface area (Å²) >= 11 is 5.83. The molecule has 0 radical (unpaired) electrons. The number of hydrazone groups is 1. The van der Waals surface area contributed by atoms with E-state index < -0.39 is 0 Å². The highest BCUT2D eigenvalue weighted by Crippen LogP contribution is 2.17. The average Bonchev–Trinajstić information content (AvgIpc) is 2.39. The van der Waals surface area contributed by atoms with Crippen LogP contribution in [-0.4, -0.2) is 23.2 Å². The molecule has 0 aliphatic carbocycles. The molecule has 0 unspecified atom stereocenters. The quantitative estimate of drug-likeness (QED) is 0.840. The molecule has 1 aromatic rings. The van der Waals surface area contributed by atoms with Gasteiger partial charge in [-0.25, -0.2) is 5.01 Å². The van der Waals surface area contributed by atoms with E-state index >= 15 is 0 Å². The highest BCUT2D eigenvalue weighted by Gasteiger charge is 2.20. The Hall–Kier alpha value is -1.86. The summed E-state index contributed by atoms with van der Waals surface area (Å²) in [5, 5.41) is 14.9. The van der Waals surface area contributed by atoms with Crippen molar-refractivity contribution in [3.8, 4) is 6.07 Å². The lowest BCUT2D eigenvalue weighted by Gasteiger charge is -2.22. The maximum Gasteiger partial charge on any atom is 0.243 e. The standard InChI is InChI=1S/C13H12ClN3O/c14-11-4-2-10(3-5-11)12-6-7-13(18)17(16-12)9-1-8-15/h2-5H,1,6-7,9H2. The third-order valence-electron chi connectivity index (χ3n) is 2.72. The zero-order chi connectivity index (χ0) is 13.0. The maximum atomic E-state index is 11.6. The van der Waals surface area contributed by atoms with Gasteiger partial charge in [-0.2, -0.15) is 10.4 Å². The van der Waals surface area contributed by atoms with Crippen LogP contribution in [0, 0.1) is 11.3 Å². The number of nitriles is 1. The van der Waals surface area contributed by atoms with E-state index in [1.807, 2.05) is 18.2 Å². The smallest absolute Gasteiger partial charge is 0.243 e. The Kier molecular flexibility index (Phi) is 3.96. The molecule has 1 aliphatic heterocycles. The third kappa shape index (κ3) is 2.88. The van der Waals surface area contributed by atoms with Crippen LogP contribution in [0.3, 0.4) is 0 Å². The van der Waals surface area contributed by atoms with Crippen LogP contribution in [0.4, 0.5) is 0 Å². The molecule has 0 atom stereocenters. The Balaban J connectivity index is 2.20. The number of hydrogen-bond acceptors (Lipinski definition) is 3. The molecule has 0 bridgehead atoms. The third-order valence-corrected chi connectivity index (χ3v) is 2.97. The second kappa shape index (κ2) is 5.65. The van der Waals surface area contributed by atoms with Gasteiger partial charge in [-0.05, 0) is 17.7 Å². The van der Waals surface area contributed by atoms with Crippen molar-refractivity contribution >= 4 is 23.2 Å². The monoisotopic (exact) mass is 261 g/mol. The largest absolute Gasteiger partial charge is 0.273 e. The fraction of sp³-hybridized carbons (Fsp3) is 0.308. The van der Waals surface area contributed by atoms with Gasteiger partial charge in [0.05, 0.1) is 24.7 Å². The van der Waals surface area contributed by atoms with E-state index in [9.17, 15) is 4.79 Å². The van der Waals surface area contributed by atoms with Gasteiger partial charge in [0.1, 0.15) is 0 Å². The van der Waals surface area contributed by atoms with Crippen molar-refractivity contribution in [3.63, 3.8) is 0 Å². The zero-order valence-corrected chi connectivity index (χ0v) is 10.5. The lowest BCUT2D eigenvalue weighted by molar-refractivity contribution is -0.131. The van der Waals surface area contributed by atoms with Crippen molar-refractivity contribution < 1.29 is 4.79 Å². The van der Waals surface area contributed by atoms with Gasteiger partial charge in [-0.15, -0.1) is 0 Å². The van der Waals surface area contributed by atoms with E-state index in [0.717, 1.165) is 11.3 Å². The van der Waals surface area contributed by atoms with Crippen molar-refractivity contribution in [2.24, 2.45) is 5.10 Å². The molecule has 4 nitrogen and oxygen atoms in total. The molecule has 0 saturated heterocycles. The Labute approximate surface area is 110 Å². The van der Waals surface area contributed by atoms with E-state index in [1.54, 1.807) is 12.1 Å². The molecule has 1 heterocycles. The Morgan fingerprint density at radius 1 is 1.33 bits per heavy atom. The summed E-state index contributed by atoms with van der Waals surface area (Å²) in [7, 11) is 0. The van der Waals surface area contributed by atoms with Gasteiger partial charge in [0.15, 0.2) is 0 Å². The maximum absolute atomic E-state index is 11.6. The zero-order valence-electron chi connectivity index (χ0n) is 9.77. The van der Waals surface area contributed by atoms with Crippen molar-refractivity contribution in [2.45, 2.75) is 19.3 Å². The average molecular weight is 262 g/mol. The van der Waals surface area contributed by atoms with Gasteiger partial charge in [0.25, 0.3) is 0 Å². The highest BCUT2D eigenvalue weighted by molar-refractivity contribution is 6.30. The molecular weight excluding hydrogens is 250 g/mol. The number of hydrogen-bond donors (Lipinski definition) is 0. The fourth-order valence-electron chi connectivity index (χ4n) is 1.78. The second-order valence-corrected chi connectivity index (χ2v) is 4.42. The van der Waals surface area contributed by atoms with Crippen LogP contribution >= 0.6 is 11.6 Å². The number of halogens is 1. The first kappa shape index (κ1) is 12.6. The van der Waals surface area contributed by atoms with E-state index in [1.165, 1.54) is 5.01 Å². The van der Waals surface area contributed by atoms with Crippen LogP contribution < -0.4 is 0 Å². The predicted molar refractivity (Wildman–Crippen MR) is 69.2 cm³/mol. The lowest BCUT2D eigenvalue weighted by atomic mass is 10.0. The minimum atomic E-state index is -0.0250. The molecule has 1 aliphatic rings. The van der Waals surface area contributed by atoms with Gasteiger partial charge in [-0.1, -0.05) is 23.7 Å². The number of rotatable bonds is 3. The summed E-state index contributed by atoms with van der Waals surface area (Å²) in [5.74, 6) is -0.0250. The predicted octanol–water partition coefficient (Wildman–Crippen LogP) is 2.58. The summed E-state index contributed by atoms with van der Waals surface area (Å²) in [6.07, 6.45) is 1.36. The molecule has 0 aromatic heterocycles. The van der Waals surface area contributed by atoms with Crippen molar-refractivity contribution in [3.05, 3.63) is 34.9 Å². The first-order chi connectivity index (χ1) is 8.70. The van der Waals surface area contributed by atoms with Gasteiger partial charge in [0, 0.05) is 17.9 Å². The molecule has 18 heavy (non-hydrogen) atoms. The van der Waals surface area contributed by atoms with Crippen molar-refractivity contribution in [2.75, 3.05) is 6.54 Å². The summed E-state index contributed by atoms with van der Waals surface area (Å²) in [5.41, 5.74) is 1.83. The molecule has 0 spiro atoms. The number of benzene rings is 1. The molecule has 2 rings (SSSR count). The number of carbonyl (C=O) groups is 1. The Bertz CT molecular complexity index is 516. The number of carbonyl (C=O) groups excluding carboxylic acids is 1. The fourth-order valence-corrected chi connectivity index (χ4v) is 1.91. The summed E-state index contributed by atoms with van der Waals surface area (Å²) in [4.78, 5) is 11.6. The second-order valence-electron chi connectivity index (χ2n) is 3.98. The number of nitrogens with zero attached hydrogens (tertiary/aromatic N) is 3. The van der Waals surface area contributed by atoms with Crippen LogP contribution in [0.2, 0.25) is 5.02 Å². The Morgan fingerprint density at radius 3 is 2.72 bits per heavy atom. The molecule has 1 amide bonds. The summed E-state index contributed by atoms with van der Waals surface area (Å²) < 4.78 is 0. The lowest BCUT2D eigenvalue weighted by Crippen LogP contribution is -2.32. The van der Waals surface area contributed by atoms with Crippen LogP contribution in [-0.2, 0) is 4.79 Å². The van der Waals surface area contributed by atoms with Crippen molar-refractivity contribution in [1.29, 1.82) is 5.26 Å². The topological polar surface area (TPSA) is 56.5 Å². The van der Waals surface area contributed by atoms with Gasteiger partial charge in [-0.3, -0.25) is 4.79 Å². The molecule has 92 valence electrons. The molecule has 5 heteroatoms. The SMILES string of the molecule is N#CCCN1N=C(c2ccc(Cl)cc2)CCC1=O. The van der Waals surface area contributed by atoms with Gasteiger partial charge in [0.2, 0.25) is 5.91 Å². The van der Waals surface area contributed by atoms with Crippen LogP contribution in [0.25, 0.3) is 0 Å². The molecule has 0 N–H and O–H groups in total. The minimum absolute atomic E-state index is 0.0250. The van der Waals surface area contributed by atoms with Gasteiger partial charge >= 0.3 is 0 Å². The molecule has 0 fully saturated rings.